The molecule has 80 valence electrons. The molecule has 2 aliphatic rings. The van der Waals surface area contributed by atoms with Gasteiger partial charge in [-0.3, -0.25) is 0 Å². The molecule has 6 nitrogen and oxygen atoms in total. The Kier molecular flexibility index (Phi) is 2.34. The first-order valence-electron chi connectivity index (χ1n) is 4.44. The van der Waals surface area contributed by atoms with Crippen LogP contribution in [0.1, 0.15) is 0 Å². The van der Waals surface area contributed by atoms with E-state index < -0.39 is 24.9 Å². The summed E-state index contributed by atoms with van der Waals surface area (Å²) in [4.78, 5) is 0. The van der Waals surface area contributed by atoms with Gasteiger partial charge in [-0.05, 0) is 5.57 Å². The van der Waals surface area contributed by atoms with Gasteiger partial charge in [0.15, 0.2) is 0 Å². The molecule has 2 heterocycles. The third kappa shape index (κ3) is 1.46. The van der Waals surface area contributed by atoms with Crippen molar-refractivity contribution in [3.63, 3.8) is 0 Å². The lowest BCUT2D eigenvalue weighted by molar-refractivity contribution is -0.0580. The molecule has 4 N–H and O–H groups in total. The van der Waals surface area contributed by atoms with Crippen molar-refractivity contribution < 1.29 is 20.4 Å². The van der Waals surface area contributed by atoms with Crippen LogP contribution >= 0.6 is 0 Å². The van der Waals surface area contributed by atoms with E-state index in [1.165, 1.54) is 0 Å². The molecular formula is C8H14N2O4. The van der Waals surface area contributed by atoms with Crippen LogP contribution in [0, 0.1) is 0 Å². The van der Waals surface area contributed by atoms with Crippen LogP contribution in [0.2, 0.25) is 0 Å². The molecule has 2 fully saturated rings. The molecule has 0 aromatic heterocycles. The van der Waals surface area contributed by atoms with E-state index in [0.29, 0.717) is 0 Å². The van der Waals surface area contributed by atoms with Gasteiger partial charge in [0, 0.05) is 0 Å². The summed E-state index contributed by atoms with van der Waals surface area (Å²) in [6, 6.07) is 0. The van der Waals surface area contributed by atoms with E-state index in [0.717, 1.165) is 6.67 Å². The molecule has 0 aromatic carbocycles. The third-order valence-electron chi connectivity index (χ3n) is 2.69. The van der Waals surface area contributed by atoms with Crippen LogP contribution in [0.15, 0.2) is 12.2 Å². The first-order chi connectivity index (χ1) is 6.57. The second-order valence-electron chi connectivity index (χ2n) is 3.68. The van der Waals surface area contributed by atoms with Crippen molar-refractivity contribution in [2.45, 2.75) is 24.5 Å². The smallest absolute Gasteiger partial charge is 0.121 e. The van der Waals surface area contributed by atoms with Gasteiger partial charge in [0.1, 0.15) is 24.5 Å². The number of hydrazine groups is 1. The molecule has 2 unspecified atom stereocenters. The van der Waals surface area contributed by atoms with Crippen LogP contribution in [-0.2, 0) is 0 Å². The van der Waals surface area contributed by atoms with Crippen molar-refractivity contribution in [1.29, 1.82) is 0 Å². The molecule has 0 bridgehead atoms. The van der Waals surface area contributed by atoms with Crippen molar-refractivity contribution in [3.05, 3.63) is 12.2 Å². The predicted molar refractivity (Wildman–Crippen MR) is 46.6 cm³/mol. The average Bonchev–Trinajstić information content (AvgIpc) is 3.02. The summed E-state index contributed by atoms with van der Waals surface area (Å²) < 4.78 is 0. The summed E-state index contributed by atoms with van der Waals surface area (Å²) in [6.07, 6.45) is -3.78. The van der Waals surface area contributed by atoms with E-state index >= 15 is 0 Å². The minimum atomic E-state index is -1.30. The molecule has 5 atom stereocenters. The Morgan fingerprint density at radius 1 is 1.36 bits per heavy atom. The number of fused-ring (bicyclic) bond motifs is 1. The van der Waals surface area contributed by atoms with Gasteiger partial charge in [-0.2, -0.15) is 0 Å². The Bertz CT molecular complexity index is 252. The number of aliphatic hydroxyl groups is 4. The van der Waals surface area contributed by atoms with Gasteiger partial charge in [-0.1, -0.05) is 6.58 Å². The van der Waals surface area contributed by atoms with Crippen LogP contribution < -0.4 is 0 Å². The van der Waals surface area contributed by atoms with Gasteiger partial charge in [-0.15, -0.1) is 0 Å². The van der Waals surface area contributed by atoms with Gasteiger partial charge in [0.2, 0.25) is 0 Å². The lowest BCUT2D eigenvalue weighted by Gasteiger charge is -2.24. The Morgan fingerprint density at radius 3 is 2.29 bits per heavy atom. The van der Waals surface area contributed by atoms with Gasteiger partial charge < -0.3 is 20.4 Å². The van der Waals surface area contributed by atoms with Crippen molar-refractivity contribution in [2.24, 2.45) is 0 Å². The summed E-state index contributed by atoms with van der Waals surface area (Å²) in [6.45, 7) is 3.80. The van der Waals surface area contributed by atoms with Crippen molar-refractivity contribution in [2.75, 3.05) is 13.3 Å². The molecule has 6 heteroatoms. The maximum Gasteiger partial charge on any atom is 0.121 e. The summed E-state index contributed by atoms with van der Waals surface area (Å²) in [7, 11) is 0. The first-order valence-corrected chi connectivity index (χ1v) is 4.44. The highest BCUT2D eigenvalue weighted by atomic mass is 16.4. The van der Waals surface area contributed by atoms with Crippen molar-refractivity contribution >= 4 is 0 Å². The quantitative estimate of drug-likeness (QED) is 0.290. The molecule has 0 radical (unpaired) electrons. The average molecular weight is 202 g/mol. The Hall–Kier alpha value is -0.500. The minimum absolute atomic E-state index is 0.107. The lowest BCUT2D eigenvalue weighted by atomic mass is 10.0. The van der Waals surface area contributed by atoms with Gasteiger partial charge in [0.25, 0.3) is 0 Å². The fourth-order valence-electron chi connectivity index (χ4n) is 1.51. The molecule has 0 amide bonds. The highest BCUT2D eigenvalue weighted by Crippen LogP contribution is 2.43. The Morgan fingerprint density at radius 2 is 1.93 bits per heavy atom. The fraction of sp³-hybridized carbons (Fsp3) is 0.750. The zero-order chi connectivity index (χ0) is 10.5. The summed E-state index contributed by atoms with van der Waals surface area (Å²) in [5, 5.41) is 40.9. The molecule has 0 aromatic rings. The molecule has 0 spiro atoms. The fourth-order valence-corrected chi connectivity index (χ4v) is 1.51. The number of nitrogens with zero attached hydrogens (tertiary/aromatic N) is 2. The summed E-state index contributed by atoms with van der Waals surface area (Å²) >= 11 is 0. The monoisotopic (exact) mass is 202 g/mol. The number of hydrogen-bond donors (Lipinski definition) is 4. The summed E-state index contributed by atoms with van der Waals surface area (Å²) in [5.74, 6) is 0. The third-order valence-corrected chi connectivity index (χ3v) is 2.69. The highest BCUT2D eigenvalue weighted by molar-refractivity contribution is 5.10. The maximum atomic E-state index is 9.56. The van der Waals surface area contributed by atoms with Gasteiger partial charge in [0.05, 0.1) is 13.3 Å². The van der Waals surface area contributed by atoms with Crippen molar-refractivity contribution in [3.8, 4) is 0 Å². The molecule has 14 heavy (non-hydrogen) atoms. The van der Waals surface area contributed by atoms with Crippen LogP contribution in [0.5, 0.6) is 0 Å². The van der Waals surface area contributed by atoms with E-state index in [1.807, 2.05) is 10.0 Å². The zero-order valence-corrected chi connectivity index (χ0v) is 7.61. The van der Waals surface area contributed by atoms with Crippen LogP contribution in [0.3, 0.4) is 0 Å². The van der Waals surface area contributed by atoms with Crippen molar-refractivity contribution in [1.82, 2.24) is 10.0 Å². The second kappa shape index (κ2) is 3.27. The largest absolute Gasteiger partial charge is 0.392 e. The number of rotatable bonds is 5. The minimum Gasteiger partial charge on any atom is -0.392 e. The Balaban J connectivity index is 1.86. The zero-order valence-electron chi connectivity index (χ0n) is 7.61. The molecule has 2 rings (SSSR count). The number of hydrogen-bond acceptors (Lipinski definition) is 6. The van der Waals surface area contributed by atoms with Crippen LogP contribution in [0.4, 0.5) is 0 Å². The topological polar surface area (TPSA) is 86.9 Å². The van der Waals surface area contributed by atoms with Crippen LogP contribution in [-0.4, -0.2) is 68.2 Å². The van der Waals surface area contributed by atoms with E-state index in [-0.39, 0.29) is 11.7 Å². The molecule has 2 aliphatic heterocycles. The summed E-state index contributed by atoms with van der Waals surface area (Å²) in [5.41, 5.74) is 0.107. The van der Waals surface area contributed by atoms with Gasteiger partial charge in [-0.25, -0.2) is 10.0 Å². The van der Waals surface area contributed by atoms with Crippen LogP contribution in [0.25, 0.3) is 0 Å². The maximum absolute atomic E-state index is 9.56. The van der Waals surface area contributed by atoms with E-state index in [1.54, 1.807) is 0 Å². The normalized spacial score (nSPS) is 39.6. The molecule has 0 aliphatic carbocycles. The lowest BCUT2D eigenvalue weighted by Crippen LogP contribution is -2.44. The number of aliphatic hydroxyl groups excluding tert-OH is 4. The first kappa shape index (κ1) is 10.0. The van der Waals surface area contributed by atoms with Gasteiger partial charge >= 0.3 is 0 Å². The predicted octanol–water partition coefficient (Wildman–Crippen LogP) is -2.55. The van der Waals surface area contributed by atoms with E-state index in [2.05, 4.69) is 6.58 Å². The molecule has 0 saturated carbocycles. The highest BCUT2D eigenvalue weighted by Gasteiger charge is 2.64. The van der Waals surface area contributed by atoms with E-state index in [9.17, 15) is 15.3 Å². The molecular weight excluding hydrogens is 188 g/mol. The molecule has 2 saturated heterocycles. The SMILES string of the molecule is C=C(CO)[C@@H](O)[C@H](O)[C@@H](O)C1N2CN12. The Labute approximate surface area is 81.3 Å². The standard InChI is InChI=1S/C8H14N2O4/c1-4(2-11)5(12)6(13)7(14)8-9-3-10(8)9/h5-8,11-14H,1-3H2/t5-,6+,7-,8?,9?,10?/m1/s1. The second-order valence-corrected chi connectivity index (χ2v) is 3.68. The van der Waals surface area contributed by atoms with E-state index in [4.69, 9.17) is 5.11 Å².